The van der Waals surface area contributed by atoms with Gasteiger partial charge in [-0.2, -0.15) is 0 Å². The van der Waals surface area contributed by atoms with Crippen molar-refractivity contribution in [2.75, 3.05) is 18.5 Å². The molecule has 0 aliphatic carbocycles. The number of aromatic nitrogens is 2. The number of nitrogens with one attached hydrogen (secondary N) is 1. The van der Waals surface area contributed by atoms with Crippen LogP contribution in [0.2, 0.25) is 0 Å². The minimum atomic E-state index is -0.131. The van der Waals surface area contributed by atoms with Gasteiger partial charge in [-0.3, -0.25) is 4.79 Å². The van der Waals surface area contributed by atoms with Crippen LogP contribution < -0.4 is 15.8 Å². The van der Waals surface area contributed by atoms with E-state index in [1.54, 1.807) is 0 Å². The third-order valence-electron chi connectivity index (χ3n) is 3.43. The van der Waals surface area contributed by atoms with Gasteiger partial charge in [0.25, 0.3) is 0 Å². The van der Waals surface area contributed by atoms with Gasteiger partial charge in [-0.25, -0.2) is 0 Å². The summed E-state index contributed by atoms with van der Waals surface area (Å²) in [5, 5.41) is 12.1. The first-order chi connectivity index (χ1) is 11.1. The number of hydrogen-bond acceptors (Lipinski definition) is 6. The van der Waals surface area contributed by atoms with E-state index in [9.17, 15) is 4.79 Å². The van der Waals surface area contributed by atoms with E-state index in [2.05, 4.69) is 35.4 Å². The second kappa shape index (κ2) is 8.59. The molecular weight excluding hydrogens is 312 g/mol. The third kappa shape index (κ3) is 5.30. The summed E-state index contributed by atoms with van der Waals surface area (Å²) in [7, 11) is 0. The molecule has 3 N–H and O–H groups in total. The van der Waals surface area contributed by atoms with Crippen LogP contribution in [0.3, 0.4) is 0 Å². The van der Waals surface area contributed by atoms with E-state index < -0.39 is 0 Å². The van der Waals surface area contributed by atoms with Crippen molar-refractivity contribution in [2.45, 2.75) is 33.1 Å². The van der Waals surface area contributed by atoms with Crippen LogP contribution in [-0.4, -0.2) is 29.3 Å². The lowest BCUT2D eigenvalue weighted by Crippen LogP contribution is -2.15. The number of hydrogen-bond donors (Lipinski definition) is 2. The Hall–Kier alpha value is -1.99. The van der Waals surface area contributed by atoms with Crippen molar-refractivity contribution in [1.82, 2.24) is 10.2 Å². The monoisotopic (exact) mass is 334 g/mol. The Labute approximate surface area is 140 Å². The van der Waals surface area contributed by atoms with Crippen LogP contribution in [0.4, 0.5) is 5.13 Å². The molecule has 0 spiro atoms. The van der Waals surface area contributed by atoms with Gasteiger partial charge in [0.15, 0.2) is 0 Å². The first-order valence-corrected chi connectivity index (χ1v) is 8.43. The van der Waals surface area contributed by atoms with Crippen molar-refractivity contribution >= 4 is 22.4 Å². The first kappa shape index (κ1) is 17.4. The number of nitrogens with zero attached hydrogens (tertiary/aromatic N) is 2. The molecule has 7 heteroatoms. The smallest absolute Gasteiger partial charge is 0.227 e. The van der Waals surface area contributed by atoms with Crippen LogP contribution in [0, 0.1) is 13.8 Å². The van der Waals surface area contributed by atoms with Crippen LogP contribution in [-0.2, 0) is 11.2 Å². The van der Waals surface area contributed by atoms with Gasteiger partial charge in [-0.05, 0) is 37.5 Å². The normalized spacial score (nSPS) is 10.6. The van der Waals surface area contributed by atoms with Gasteiger partial charge in [-0.15, -0.1) is 10.2 Å². The number of ether oxygens (including phenoxy) is 1. The molecule has 1 amide bonds. The van der Waals surface area contributed by atoms with Crippen molar-refractivity contribution in [3.63, 3.8) is 0 Å². The predicted molar refractivity (Wildman–Crippen MR) is 91.9 cm³/mol. The largest absolute Gasteiger partial charge is 0.493 e. The fourth-order valence-electron chi connectivity index (χ4n) is 2.00. The minimum Gasteiger partial charge on any atom is -0.493 e. The molecule has 0 aliphatic heterocycles. The molecule has 124 valence electrons. The maximum absolute atomic E-state index is 11.4. The van der Waals surface area contributed by atoms with Crippen molar-refractivity contribution < 1.29 is 9.53 Å². The fraction of sp³-hybridized carbons (Fsp3) is 0.438. The van der Waals surface area contributed by atoms with Gasteiger partial charge in [0.1, 0.15) is 10.8 Å². The van der Waals surface area contributed by atoms with E-state index in [0.717, 1.165) is 23.6 Å². The zero-order chi connectivity index (χ0) is 16.7. The van der Waals surface area contributed by atoms with Gasteiger partial charge in [-0.1, -0.05) is 23.5 Å². The molecule has 0 fully saturated rings. The van der Waals surface area contributed by atoms with Crippen molar-refractivity contribution in [3.05, 3.63) is 34.3 Å². The summed E-state index contributed by atoms with van der Waals surface area (Å²) < 4.78 is 5.82. The second-order valence-corrected chi connectivity index (χ2v) is 6.30. The zero-order valence-electron chi connectivity index (χ0n) is 13.5. The Bertz CT molecular complexity index is 657. The summed E-state index contributed by atoms with van der Waals surface area (Å²) in [6.07, 6.45) is 1.91. The third-order valence-corrected chi connectivity index (χ3v) is 4.33. The van der Waals surface area contributed by atoms with Crippen LogP contribution in [0.25, 0.3) is 0 Å². The summed E-state index contributed by atoms with van der Waals surface area (Å²) in [6.45, 7) is 5.08. The van der Waals surface area contributed by atoms with E-state index in [0.29, 0.717) is 24.7 Å². The number of anilines is 1. The molecule has 0 saturated carbocycles. The number of rotatable bonds is 8. The molecule has 0 aliphatic rings. The molecule has 2 rings (SSSR count). The van der Waals surface area contributed by atoms with Crippen molar-refractivity contribution in [1.29, 1.82) is 0 Å². The molecule has 0 radical (unpaired) electrons. The van der Waals surface area contributed by atoms with Gasteiger partial charge in [0.05, 0.1) is 6.61 Å². The Kier molecular flexibility index (Phi) is 6.49. The van der Waals surface area contributed by atoms with Crippen LogP contribution in [0.5, 0.6) is 5.75 Å². The van der Waals surface area contributed by atoms with Gasteiger partial charge >= 0.3 is 0 Å². The van der Waals surface area contributed by atoms with E-state index in [1.807, 2.05) is 12.1 Å². The van der Waals surface area contributed by atoms with Gasteiger partial charge in [0.2, 0.25) is 11.0 Å². The maximum Gasteiger partial charge on any atom is 0.227 e. The van der Waals surface area contributed by atoms with Crippen LogP contribution in [0.1, 0.15) is 29.0 Å². The van der Waals surface area contributed by atoms with Crippen LogP contribution >= 0.6 is 11.3 Å². The number of benzene rings is 1. The van der Waals surface area contributed by atoms with Gasteiger partial charge < -0.3 is 15.8 Å². The number of nitrogens with two attached hydrogens (primary N) is 1. The molecule has 1 aromatic heterocycles. The first-order valence-electron chi connectivity index (χ1n) is 7.61. The molecule has 0 atom stereocenters. The van der Waals surface area contributed by atoms with E-state index in [1.165, 1.54) is 22.5 Å². The molecule has 0 bridgehead atoms. The highest BCUT2D eigenvalue weighted by atomic mass is 32.1. The minimum absolute atomic E-state index is 0.131. The maximum atomic E-state index is 11.4. The Balaban J connectivity index is 1.75. The molecule has 2 aromatic rings. The SMILES string of the molecule is Cc1cccc(OCCCc2nnc(NC(=O)CCN)s2)c1C. The average molecular weight is 334 g/mol. The standard InChI is InChI=1S/C16H22N4O2S/c1-11-5-3-6-13(12(11)2)22-10-4-7-15-19-20-16(23-15)18-14(21)8-9-17/h3,5-6H,4,7-10,17H2,1-2H3,(H,18,20,21). The molecular formula is C16H22N4O2S. The summed E-state index contributed by atoms with van der Waals surface area (Å²) in [4.78, 5) is 11.4. The highest BCUT2D eigenvalue weighted by Gasteiger charge is 2.08. The van der Waals surface area contributed by atoms with Crippen molar-refractivity contribution in [2.24, 2.45) is 5.73 Å². The number of amides is 1. The number of carbonyl (C=O) groups is 1. The molecule has 1 heterocycles. The van der Waals surface area contributed by atoms with Gasteiger partial charge in [0, 0.05) is 19.4 Å². The molecule has 23 heavy (non-hydrogen) atoms. The average Bonchev–Trinajstić information content (AvgIpc) is 2.95. The lowest BCUT2D eigenvalue weighted by Gasteiger charge is -2.10. The van der Waals surface area contributed by atoms with Crippen LogP contribution in [0.15, 0.2) is 18.2 Å². The highest BCUT2D eigenvalue weighted by molar-refractivity contribution is 7.15. The summed E-state index contributed by atoms with van der Waals surface area (Å²) in [6, 6.07) is 6.06. The summed E-state index contributed by atoms with van der Waals surface area (Å²) in [5.41, 5.74) is 7.73. The Morgan fingerprint density at radius 3 is 2.96 bits per heavy atom. The predicted octanol–water partition coefficient (Wildman–Crippen LogP) is 2.45. The Morgan fingerprint density at radius 1 is 1.35 bits per heavy atom. The second-order valence-electron chi connectivity index (χ2n) is 5.24. The van der Waals surface area contributed by atoms with E-state index in [-0.39, 0.29) is 5.91 Å². The lowest BCUT2D eigenvalue weighted by molar-refractivity contribution is -0.116. The Morgan fingerprint density at radius 2 is 2.17 bits per heavy atom. The zero-order valence-corrected chi connectivity index (χ0v) is 14.3. The molecule has 6 nitrogen and oxygen atoms in total. The van der Waals surface area contributed by atoms with Crippen molar-refractivity contribution in [3.8, 4) is 5.75 Å². The summed E-state index contributed by atoms with van der Waals surface area (Å²) in [5.74, 6) is 0.797. The number of aryl methyl sites for hydroxylation is 2. The molecule has 0 saturated heterocycles. The van der Waals surface area contributed by atoms with E-state index in [4.69, 9.17) is 10.5 Å². The topological polar surface area (TPSA) is 90.1 Å². The van der Waals surface area contributed by atoms with E-state index >= 15 is 0 Å². The highest BCUT2D eigenvalue weighted by Crippen LogP contribution is 2.21. The molecule has 1 aromatic carbocycles. The molecule has 0 unspecified atom stereocenters. The fourth-order valence-corrected chi connectivity index (χ4v) is 2.80. The summed E-state index contributed by atoms with van der Waals surface area (Å²) >= 11 is 1.39. The quantitative estimate of drug-likeness (QED) is 0.724. The number of carbonyl (C=O) groups excluding carboxylic acids is 1. The lowest BCUT2D eigenvalue weighted by atomic mass is 10.1.